The third kappa shape index (κ3) is 1.94. The Hall–Kier alpha value is -2.34. The Balaban J connectivity index is 2.34. The molecule has 0 aliphatic rings. The largest absolute Gasteiger partial charge is 0.383 e. The first-order valence-electron chi connectivity index (χ1n) is 6.04. The Labute approximate surface area is 119 Å². The van der Waals surface area contributed by atoms with Crippen molar-refractivity contribution in [3.05, 3.63) is 51.7 Å². The molecule has 0 bridgehead atoms. The van der Waals surface area contributed by atoms with Crippen LogP contribution in [0.3, 0.4) is 0 Å². The summed E-state index contributed by atoms with van der Waals surface area (Å²) in [5.41, 5.74) is 6.85. The van der Waals surface area contributed by atoms with E-state index in [0.717, 1.165) is 5.69 Å². The molecule has 7 heteroatoms. The minimum Gasteiger partial charge on any atom is -0.383 e. The molecule has 102 valence electrons. The van der Waals surface area contributed by atoms with E-state index in [4.69, 9.17) is 17.3 Å². The average Bonchev–Trinajstić information content (AvgIpc) is 2.91. The maximum atomic E-state index is 12.2. The minimum absolute atomic E-state index is 0.203. The van der Waals surface area contributed by atoms with Crippen molar-refractivity contribution < 1.29 is 0 Å². The molecule has 2 heterocycles. The van der Waals surface area contributed by atoms with Crippen molar-refractivity contribution in [1.82, 2.24) is 19.7 Å². The lowest BCUT2D eigenvalue weighted by molar-refractivity contribution is 0.605. The Morgan fingerprint density at radius 2 is 2.20 bits per heavy atom. The van der Waals surface area contributed by atoms with Gasteiger partial charge in [-0.1, -0.05) is 11.6 Å². The highest BCUT2D eigenvalue weighted by Gasteiger charge is 2.16. The van der Waals surface area contributed by atoms with Crippen LogP contribution in [0.1, 0.15) is 18.7 Å². The number of aromatic nitrogens is 4. The number of hydrogen-bond acceptors (Lipinski definition) is 4. The summed E-state index contributed by atoms with van der Waals surface area (Å²) in [4.78, 5) is 16.1. The lowest BCUT2D eigenvalue weighted by Gasteiger charge is -2.16. The lowest BCUT2D eigenvalue weighted by Crippen LogP contribution is -2.28. The van der Waals surface area contributed by atoms with Crippen molar-refractivity contribution in [3.63, 3.8) is 0 Å². The molecule has 0 radical (unpaired) electrons. The lowest BCUT2D eigenvalue weighted by atomic mass is 10.2. The van der Waals surface area contributed by atoms with Gasteiger partial charge in [0.25, 0.3) is 0 Å². The normalized spacial score (nSPS) is 12.7. The van der Waals surface area contributed by atoms with Crippen LogP contribution in [0.15, 0.2) is 35.3 Å². The van der Waals surface area contributed by atoms with Gasteiger partial charge < -0.3 is 5.73 Å². The molecule has 1 atom stereocenters. The number of anilines is 1. The Morgan fingerprint density at radius 1 is 1.40 bits per heavy atom. The van der Waals surface area contributed by atoms with Crippen LogP contribution in [-0.2, 0) is 0 Å². The zero-order chi connectivity index (χ0) is 14.3. The number of nitrogens with zero attached hydrogens (tertiary/aromatic N) is 3. The topological polar surface area (TPSA) is 89.6 Å². The fourth-order valence-corrected chi connectivity index (χ4v) is 2.42. The van der Waals surface area contributed by atoms with E-state index in [1.807, 2.05) is 13.0 Å². The van der Waals surface area contributed by atoms with Crippen LogP contribution in [0.4, 0.5) is 5.82 Å². The van der Waals surface area contributed by atoms with Gasteiger partial charge in [0.05, 0.1) is 17.3 Å². The summed E-state index contributed by atoms with van der Waals surface area (Å²) in [6.07, 6.45) is 1.64. The second-order valence-corrected chi connectivity index (χ2v) is 4.94. The van der Waals surface area contributed by atoms with Gasteiger partial charge in [0.15, 0.2) is 0 Å². The predicted molar refractivity (Wildman–Crippen MR) is 77.8 cm³/mol. The highest BCUT2D eigenvalue weighted by atomic mass is 35.5. The van der Waals surface area contributed by atoms with Crippen LogP contribution in [0, 0.1) is 0 Å². The van der Waals surface area contributed by atoms with Crippen molar-refractivity contribution in [3.8, 4) is 0 Å². The highest BCUT2D eigenvalue weighted by Crippen LogP contribution is 2.25. The average molecular weight is 290 g/mol. The van der Waals surface area contributed by atoms with Gasteiger partial charge in [-0.25, -0.2) is 4.79 Å². The molecule has 3 rings (SSSR count). The molecule has 0 unspecified atom stereocenters. The van der Waals surface area contributed by atoms with Gasteiger partial charge in [0, 0.05) is 16.6 Å². The maximum absolute atomic E-state index is 12.2. The van der Waals surface area contributed by atoms with Crippen LogP contribution >= 0.6 is 11.6 Å². The highest BCUT2D eigenvalue weighted by molar-refractivity contribution is 6.31. The summed E-state index contributed by atoms with van der Waals surface area (Å²) in [7, 11) is 0. The standard InChI is InChI=1S/C13H12ClN5O/c1-7(10-4-5-16-18-10)19-11-6-8(14)2-3-9(11)12(15)17-13(19)20/h2-7H,1H3,(H,16,18)(H2,15,17,20)/t7-/m1/s1. The van der Waals surface area contributed by atoms with Crippen LogP contribution in [-0.4, -0.2) is 19.7 Å². The summed E-state index contributed by atoms with van der Waals surface area (Å²) in [6, 6.07) is 6.75. The van der Waals surface area contributed by atoms with Gasteiger partial charge in [-0.15, -0.1) is 0 Å². The molecule has 2 aromatic heterocycles. The summed E-state index contributed by atoms with van der Waals surface area (Å²) >= 11 is 6.03. The number of aromatic amines is 1. The Kier molecular flexibility index (Phi) is 2.94. The van der Waals surface area contributed by atoms with Gasteiger partial charge >= 0.3 is 5.69 Å². The molecule has 3 aromatic rings. The molecule has 0 fully saturated rings. The first-order chi connectivity index (χ1) is 9.58. The zero-order valence-electron chi connectivity index (χ0n) is 10.7. The molecule has 20 heavy (non-hydrogen) atoms. The van der Waals surface area contributed by atoms with E-state index in [1.165, 1.54) is 0 Å². The summed E-state index contributed by atoms with van der Waals surface area (Å²) < 4.78 is 1.55. The van der Waals surface area contributed by atoms with Crippen molar-refractivity contribution in [2.24, 2.45) is 0 Å². The third-order valence-electron chi connectivity index (χ3n) is 3.28. The zero-order valence-corrected chi connectivity index (χ0v) is 11.4. The predicted octanol–water partition coefficient (Wildman–Crippen LogP) is 1.96. The summed E-state index contributed by atoms with van der Waals surface area (Å²) in [5.74, 6) is 0.203. The number of H-pyrrole nitrogens is 1. The first kappa shape index (κ1) is 12.7. The van der Waals surface area contributed by atoms with Crippen molar-refractivity contribution in [2.45, 2.75) is 13.0 Å². The van der Waals surface area contributed by atoms with Crippen molar-refractivity contribution in [2.75, 3.05) is 5.73 Å². The van der Waals surface area contributed by atoms with E-state index in [1.54, 1.807) is 29.0 Å². The number of fused-ring (bicyclic) bond motifs is 1. The molecule has 0 spiro atoms. The van der Waals surface area contributed by atoms with Crippen LogP contribution < -0.4 is 11.4 Å². The Bertz CT molecular complexity index is 825. The number of nitrogens with two attached hydrogens (primary N) is 1. The van der Waals surface area contributed by atoms with E-state index in [2.05, 4.69) is 15.2 Å². The van der Waals surface area contributed by atoms with Gasteiger partial charge in [0.2, 0.25) is 0 Å². The Morgan fingerprint density at radius 3 is 2.90 bits per heavy atom. The number of hydrogen-bond donors (Lipinski definition) is 2. The second kappa shape index (κ2) is 4.64. The molecule has 0 saturated carbocycles. The second-order valence-electron chi connectivity index (χ2n) is 4.50. The first-order valence-corrected chi connectivity index (χ1v) is 6.42. The smallest absolute Gasteiger partial charge is 0.350 e. The van der Waals surface area contributed by atoms with Crippen molar-refractivity contribution >= 4 is 28.3 Å². The van der Waals surface area contributed by atoms with Gasteiger partial charge in [0.1, 0.15) is 5.82 Å². The molecule has 6 nitrogen and oxygen atoms in total. The molecular formula is C13H12ClN5O. The SMILES string of the molecule is C[C@H](c1ccn[nH]1)n1c(=O)nc(N)c2ccc(Cl)cc21. The minimum atomic E-state index is -0.417. The molecule has 0 aliphatic carbocycles. The molecule has 3 N–H and O–H groups in total. The monoisotopic (exact) mass is 289 g/mol. The van der Waals surface area contributed by atoms with Crippen LogP contribution in [0.2, 0.25) is 5.02 Å². The van der Waals surface area contributed by atoms with Gasteiger partial charge in [-0.3, -0.25) is 9.67 Å². The van der Waals surface area contributed by atoms with Gasteiger partial charge in [-0.2, -0.15) is 10.1 Å². The molecule has 0 amide bonds. The van der Waals surface area contributed by atoms with E-state index in [0.29, 0.717) is 15.9 Å². The third-order valence-corrected chi connectivity index (χ3v) is 3.51. The van der Waals surface area contributed by atoms with Crippen LogP contribution in [0.5, 0.6) is 0 Å². The molecule has 0 aliphatic heterocycles. The maximum Gasteiger partial charge on any atom is 0.350 e. The molecular weight excluding hydrogens is 278 g/mol. The van der Waals surface area contributed by atoms with E-state index in [-0.39, 0.29) is 11.9 Å². The fourth-order valence-electron chi connectivity index (χ4n) is 2.25. The van der Waals surface area contributed by atoms with E-state index < -0.39 is 5.69 Å². The summed E-state index contributed by atoms with van der Waals surface area (Å²) in [6.45, 7) is 1.88. The van der Waals surface area contributed by atoms with E-state index >= 15 is 0 Å². The number of halogens is 1. The molecule has 0 saturated heterocycles. The van der Waals surface area contributed by atoms with Crippen LogP contribution in [0.25, 0.3) is 10.9 Å². The molecule has 1 aromatic carbocycles. The summed E-state index contributed by atoms with van der Waals surface area (Å²) in [5, 5.41) is 7.99. The van der Waals surface area contributed by atoms with Gasteiger partial charge in [-0.05, 0) is 31.2 Å². The number of benzene rings is 1. The van der Waals surface area contributed by atoms with Crippen molar-refractivity contribution in [1.29, 1.82) is 0 Å². The van der Waals surface area contributed by atoms with E-state index in [9.17, 15) is 4.79 Å². The number of nitrogens with one attached hydrogen (secondary N) is 1. The number of rotatable bonds is 2. The fraction of sp³-hybridized carbons (Fsp3) is 0.154. The number of nitrogen functional groups attached to an aromatic ring is 1. The quantitative estimate of drug-likeness (QED) is 0.754.